The maximum atomic E-state index is 11.8. The first-order valence-corrected chi connectivity index (χ1v) is 7.01. The van der Waals surface area contributed by atoms with Gasteiger partial charge in [0, 0.05) is 33.7 Å². The van der Waals surface area contributed by atoms with E-state index in [9.17, 15) is 4.21 Å². The summed E-state index contributed by atoms with van der Waals surface area (Å²) in [7, 11) is -0.784. The van der Waals surface area contributed by atoms with Crippen molar-refractivity contribution < 1.29 is 4.21 Å². The first-order chi connectivity index (χ1) is 6.75. The lowest BCUT2D eigenvalue weighted by Crippen LogP contribution is -2.19. The van der Waals surface area contributed by atoms with E-state index in [1.807, 2.05) is 0 Å². The van der Waals surface area contributed by atoms with Gasteiger partial charge < -0.3 is 5.32 Å². The summed E-state index contributed by atoms with van der Waals surface area (Å²) in [6.45, 7) is 1.86. The van der Waals surface area contributed by atoms with E-state index in [1.54, 1.807) is 6.20 Å². The summed E-state index contributed by atoms with van der Waals surface area (Å²) in [5.74, 6) is 0.594. The zero-order chi connectivity index (χ0) is 9.97. The van der Waals surface area contributed by atoms with Crippen LogP contribution in [0.1, 0.15) is 11.3 Å². The number of thiazole rings is 1. The molecule has 0 bridgehead atoms. The minimum absolute atomic E-state index is 0.302. The zero-order valence-corrected chi connectivity index (χ0v) is 9.92. The van der Waals surface area contributed by atoms with Gasteiger partial charge in [-0.15, -0.1) is 11.3 Å². The molecule has 2 heterocycles. The average Bonchev–Trinajstić information content (AvgIpc) is 2.75. The van der Waals surface area contributed by atoms with Crippen molar-refractivity contribution in [3.05, 3.63) is 15.5 Å². The van der Waals surface area contributed by atoms with Crippen LogP contribution in [0, 0.1) is 0 Å². The van der Waals surface area contributed by atoms with E-state index in [2.05, 4.69) is 10.3 Å². The van der Waals surface area contributed by atoms with Crippen molar-refractivity contribution in [2.45, 2.75) is 17.4 Å². The largest absolute Gasteiger partial charge is 0.315 e. The zero-order valence-electron chi connectivity index (χ0n) is 7.53. The lowest BCUT2D eigenvalue weighted by molar-refractivity contribution is 0.672. The molecule has 14 heavy (non-hydrogen) atoms. The number of nitrogens with zero attached hydrogens (tertiary/aromatic N) is 1. The highest BCUT2D eigenvalue weighted by Crippen LogP contribution is 2.21. The van der Waals surface area contributed by atoms with Crippen molar-refractivity contribution in [1.29, 1.82) is 0 Å². The molecule has 1 saturated heterocycles. The molecule has 78 valence electrons. The Morgan fingerprint density at radius 2 is 2.64 bits per heavy atom. The molecule has 1 aliphatic rings. The van der Waals surface area contributed by atoms with Gasteiger partial charge in [-0.25, -0.2) is 4.98 Å². The molecule has 0 spiro atoms. The molecule has 2 rings (SSSR count). The second-order valence-electron chi connectivity index (χ2n) is 3.22. The molecule has 3 nitrogen and oxygen atoms in total. The molecule has 0 radical (unpaired) electrons. The molecule has 1 aromatic rings. The molecule has 1 fully saturated rings. The van der Waals surface area contributed by atoms with Crippen molar-refractivity contribution >= 4 is 33.7 Å². The van der Waals surface area contributed by atoms with E-state index in [0.717, 1.165) is 24.4 Å². The molecule has 6 heteroatoms. The first-order valence-electron chi connectivity index (χ1n) is 4.44. The summed E-state index contributed by atoms with van der Waals surface area (Å²) in [4.78, 5) is 4.94. The van der Waals surface area contributed by atoms with E-state index in [1.165, 1.54) is 11.3 Å². The van der Waals surface area contributed by atoms with Gasteiger partial charge >= 0.3 is 0 Å². The number of halogens is 1. The molecule has 1 aromatic heterocycles. The first kappa shape index (κ1) is 10.5. The van der Waals surface area contributed by atoms with Crippen molar-refractivity contribution in [3.8, 4) is 0 Å². The van der Waals surface area contributed by atoms with Gasteiger partial charge in [0.05, 0.1) is 5.75 Å². The number of hydrogen-bond donors (Lipinski definition) is 1. The third-order valence-electron chi connectivity index (χ3n) is 2.20. The summed E-state index contributed by atoms with van der Waals surface area (Å²) in [5.41, 5.74) is 0. The highest BCUT2D eigenvalue weighted by molar-refractivity contribution is 7.85. The average molecular weight is 251 g/mol. The number of hydrogen-bond acceptors (Lipinski definition) is 4. The maximum absolute atomic E-state index is 11.8. The van der Waals surface area contributed by atoms with Crippen LogP contribution in [0.15, 0.2) is 6.20 Å². The van der Waals surface area contributed by atoms with Crippen molar-refractivity contribution in [2.75, 3.05) is 13.1 Å². The van der Waals surface area contributed by atoms with E-state index >= 15 is 0 Å². The van der Waals surface area contributed by atoms with Crippen LogP contribution in [0.25, 0.3) is 0 Å². The van der Waals surface area contributed by atoms with Gasteiger partial charge in [-0.1, -0.05) is 11.6 Å². The van der Waals surface area contributed by atoms with Crippen LogP contribution in [-0.2, 0) is 16.6 Å². The standard InChI is InChI=1S/C8H11ClN2OS2/c9-8-11-3-6(13-8)5-14(12)7-1-2-10-4-7/h3,7,10H,1-2,4-5H2/t7-,14?/m1/s1. The van der Waals surface area contributed by atoms with E-state index < -0.39 is 10.8 Å². The number of nitrogens with one attached hydrogen (secondary N) is 1. The number of aromatic nitrogens is 1. The van der Waals surface area contributed by atoms with Crippen LogP contribution < -0.4 is 5.32 Å². The fourth-order valence-corrected chi connectivity index (χ4v) is 4.09. The Labute approximate surface area is 94.3 Å². The van der Waals surface area contributed by atoms with Crippen molar-refractivity contribution in [1.82, 2.24) is 10.3 Å². The summed E-state index contributed by atoms with van der Waals surface area (Å²) >= 11 is 7.12. The van der Waals surface area contributed by atoms with E-state index in [0.29, 0.717) is 15.5 Å². The van der Waals surface area contributed by atoms with Gasteiger partial charge in [-0.3, -0.25) is 4.21 Å². The van der Waals surface area contributed by atoms with Crippen LogP contribution in [0.2, 0.25) is 4.47 Å². The predicted molar refractivity (Wildman–Crippen MR) is 60.2 cm³/mol. The molecular formula is C8H11ClN2OS2. The fourth-order valence-electron chi connectivity index (χ4n) is 1.46. The highest BCUT2D eigenvalue weighted by Gasteiger charge is 2.21. The molecule has 0 amide bonds. The second kappa shape index (κ2) is 4.70. The minimum Gasteiger partial charge on any atom is -0.315 e. The molecular weight excluding hydrogens is 240 g/mol. The van der Waals surface area contributed by atoms with Gasteiger partial charge in [0.2, 0.25) is 0 Å². The van der Waals surface area contributed by atoms with Gasteiger partial charge in [-0.05, 0) is 13.0 Å². The lowest BCUT2D eigenvalue weighted by atomic mass is 10.4. The van der Waals surface area contributed by atoms with Gasteiger partial charge in [0.25, 0.3) is 0 Å². The smallest absolute Gasteiger partial charge is 0.183 e. The molecule has 2 atom stereocenters. The normalized spacial score (nSPS) is 23.9. The Morgan fingerprint density at radius 3 is 3.21 bits per heavy atom. The Bertz CT molecular complexity index is 336. The minimum atomic E-state index is -0.784. The van der Waals surface area contributed by atoms with Crippen LogP contribution in [0.4, 0.5) is 0 Å². The third kappa shape index (κ3) is 2.53. The van der Waals surface area contributed by atoms with Crippen LogP contribution >= 0.6 is 22.9 Å². The topological polar surface area (TPSA) is 42.0 Å². The molecule has 0 aliphatic carbocycles. The molecule has 1 N–H and O–H groups in total. The molecule has 1 unspecified atom stereocenters. The highest BCUT2D eigenvalue weighted by atomic mass is 35.5. The molecule has 0 saturated carbocycles. The van der Waals surface area contributed by atoms with Crippen LogP contribution in [-0.4, -0.2) is 27.5 Å². The van der Waals surface area contributed by atoms with Crippen LogP contribution in [0.3, 0.4) is 0 Å². The van der Waals surface area contributed by atoms with Gasteiger partial charge in [0.15, 0.2) is 4.47 Å². The SMILES string of the molecule is O=S(Cc1cnc(Cl)s1)[C@@H]1CCNC1. The van der Waals surface area contributed by atoms with Crippen molar-refractivity contribution in [2.24, 2.45) is 0 Å². The number of rotatable bonds is 3. The quantitative estimate of drug-likeness (QED) is 0.882. The Kier molecular flexibility index (Phi) is 3.54. The summed E-state index contributed by atoms with van der Waals surface area (Å²) in [5, 5.41) is 3.51. The monoisotopic (exact) mass is 250 g/mol. The molecule has 0 aromatic carbocycles. The summed E-state index contributed by atoms with van der Waals surface area (Å²) < 4.78 is 12.4. The summed E-state index contributed by atoms with van der Waals surface area (Å²) in [6, 6.07) is 0. The Hall–Kier alpha value is 0.0300. The van der Waals surface area contributed by atoms with E-state index in [-0.39, 0.29) is 0 Å². The Morgan fingerprint density at radius 1 is 1.79 bits per heavy atom. The fraction of sp³-hybridized carbons (Fsp3) is 0.625. The van der Waals surface area contributed by atoms with Crippen molar-refractivity contribution in [3.63, 3.8) is 0 Å². The third-order valence-corrected chi connectivity index (χ3v) is 5.24. The molecule has 1 aliphatic heterocycles. The lowest BCUT2D eigenvalue weighted by Gasteiger charge is -2.06. The van der Waals surface area contributed by atoms with E-state index in [4.69, 9.17) is 11.6 Å². The van der Waals surface area contributed by atoms with Gasteiger partial charge in [0.1, 0.15) is 0 Å². The van der Waals surface area contributed by atoms with Crippen LogP contribution in [0.5, 0.6) is 0 Å². The predicted octanol–water partition coefficient (Wildman–Crippen LogP) is 1.41. The second-order valence-corrected chi connectivity index (χ2v) is 6.63. The Balaban J connectivity index is 1.93. The maximum Gasteiger partial charge on any atom is 0.183 e. The van der Waals surface area contributed by atoms with Gasteiger partial charge in [-0.2, -0.15) is 0 Å². The summed E-state index contributed by atoms with van der Waals surface area (Å²) in [6.07, 6.45) is 2.73.